The number of nitrogens with one attached hydrogen (secondary N) is 1. The van der Waals surface area contributed by atoms with Crippen LogP contribution in [0.5, 0.6) is 0 Å². The Morgan fingerprint density at radius 2 is 1.54 bits per heavy atom. The fraction of sp³-hybridized carbons (Fsp3) is 0.609. The Bertz CT molecular complexity index is 645. The van der Waals surface area contributed by atoms with Crippen LogP contribution in [0.3, 0.4) is 0 Å². The molecule has 0 fully saturated rings. The van der Waals surface area contributed by atoms with Gasteiger partial charge in [-0.05, 0) is 23.8 Å². The van der Waals surface area contributed by atoms with Gasteiger partial charge in [0.05, 0.1) is 6.04 Å². The maximum Gasteiger partial charge on any atom is 0.223 e. The zero-order valence-electron chi connectivity index (χ0n) is 17.9. The minimum Gasteiger partial charge on any atom is -0.369 e. The molecular weight excluding hydrogens is 352 g/mol. The van der Waals surface area contributed by atoms with Crippen LogP contribution < -0.4 is 11.1 Å². The second-order valence-corrected chi connectivity index (χ2v) is 7.99. The number of carbonyl (C=O) groups excluding carboxylic acids is 3. The van der Waals surface area contributed by atoms with Gasteiger partial charge in [0.2, 0.25) is 11.8 Å². The average Bonchev–Trinajstić information content (AvgIpc) is 2.69. The first-order chi connectivity index (χ1) is 13.2. The number of rotatable bonds is 12. The minimum absolute atomic E-state index is 0.0218. The molecule has 1 aromatic carbocycles. The number of ketones is 1. The summed E-state index contributed by atoms with van der Waals surface area (Å²) in [7, 11) is 0. The molecule has 5 nitrogen and oxygen atoms in total. The molecule has 0 radical (unpaired) electrons. The van der Waals surface area contributed by atoms with Crippen LogP contribution in [-0.2, 0) is 20.8 Å². The molecule has 156 valence electrons. The Labute approximate surface area is 169 Å². The Morgan fingerprint density at radius 1 is 0.964 bits per heavy atom. The highest BCUT2D eigenvalue weighted by atomic mass is 16.2. The summed E-state index contributed by atoms with van der Waals surface area (Å²) < 4.78 is 0. The largest absolute Gasteiger partial charge is 0.369 e. The fourth-order valence-electron chi connectivity index (χ4n) is 3.24. The van der Waals surface area contributed by atoms with Crippen molar-refractivity contribution in [2.24, 2.45) is 29.4 Å². The Hall–Kier alpha value is -2.17. The lowest BCUT2D eigenvalue weighted by atomic mass is 9.84. The van der Waals surface area contributed by atoms with Crippen molar-refractivity contribution in [1.82, 2.24) is 5.32 Å². The number of amides is 2. The van der Waals surface area contributed by atoms with Gasteiger partial charge in [0.15, 0.2) is 5.78 Å². The minimum atomic E-state index is -0.660. The van der Waals surface area contributed by atoms with Gasteiger partial charge in [-0.1, -0.05) is 77.8 Å². The van der Waals surface area contributed by atoms with Crippen LogP contribution in [0.1, 0.15) is 59.4 Å². The van der Waals surface area contributed by atoms with Crippen molar-refractivity contribution in [2.45, 2.75) is 66.3 Å². The van der Waals surface area contributed by atoms with Crippen LogP contribution in [0.25, 0.3) is 0 Å². The molecule has 5 atom stereocenters. The lowest BCUT2D eigenvalue weighted by Gasteiger charge is -2.25. The number of hydrogen-bond acceptors (Lipinski definition) is 3. The number of carbonyl (C=O) groups is 3. The van der Waals surface area contributed by atoms with E-state index in [-0.39, 0.29) is 35.9 Å². The topological polar surface area (TPSA) is 89.3 Å². The number of hydrogen-bond donors (Lipinski definition) is 2. The van der Waals surface area contributed by atoms with E-state index in [1.807, 2.05) is 65.0 Å². The third-order valence-electron chi connectivity index (χ3n) is 6.02. The van der Waals surface area contributed by atoms with E-state index in [0.29, 0.717) is 6.42 Å². The van der Waals surface area contributed by atoms with E-state index in [9.17, 15) is 14.4 Å². The van der Waals surface area contributed by atoms with E-state index >= 15 is 0 Å². The molecule has 0 heterocycles. The molecular formula is C23H36N2O3. The summed E-state index contributed by atoms with van der Waals surface area (Å²) in [6, 6.07) is 8.94. The highest BCUT2D eigenvalue weighted by Gasteiger charge is 2.30. The molecule has 0 aliphatic heterocycles. The Kier molecular flexibility index (Phi) is 9.91. The van der Waals surface area contributed by atoms with Gasteiger partial charge in [-0.15, -0.1) is 0 Å². The molecule has 5 heteroatoms. The van der Waals surface area contributed by atoms with Crippen LogP contribution in [0, 0.1) is 23.7 Å². The van der Waals surface area contributed by atoms with Gasteiger partial charge in [0, 0.05) is 18.3 Å². The van der Waals surface area contributed by atoms with Gasteiger partial charge in [-0.3, -0.25) is 14.4 Å². The SMILES string of the molecule is CC[C@@H](C)[C@H](C)C(=O)N[C@@H](Cc1ccccc1)C(=O)C[C@H](C(N)=O)[C@@H](C)CC. The van der Waals surface area contributed by atoms with Gasteiger partial charge >= 0.3 is 0 Å². The van der Waals surface area contributed by atoms with E-state index < -0.39 is 17.9 Å². The quantitative estimate of drug-likeness (QED) is 0.574. The van der Waals surface area contributed by atoms with Crippen LogP contribution in [0.15, 0.2) is 30.3 Å². The fourth-order valence-corrected chi connectivity index (χ4v) is 3.24. The standard InChI is InChI=1S/C23H36N2O3/c1-6-15(3)17(5)23(28)25-20(13-18-11-9-8-10-12-18)21(26)14-19(22(24)27)16(4)7-2/h8-12,15-17,19-20H,6-7,13-14H2,1-5H3,(H2,24,27)(H,25,28)/t15-,16+,17+,19+,20+/m1/s1. The molecule has 1 aromatic rings. The van der Waals surface area contributed by atoms with Gasteiger partial charge in [-0.2, -0.15) is 0 Å². The molecule has 3 N–H and O–H groups in total. The smallest absolute Gasteiger partial charge is 0.223 e. The van der Waals surface area contributed by atoms with Crippen molar-refractivity contribution < 1.29 is 14.4 Å². The molecule has 0 aliphatic rings. The number of benzene rings is 1. The van der Waals surface area contributed by atoms with Crippen molar-refractivity contribution in [3.63, 3.8) is 0 Å². The lowest BCUT2D eigenvalue weighted by molar-refractivity contribution is -0.133. The summed E-state index contributed by atoms with van der Waals surface area (Å²) in [4.78, 5) is 37.6. The molecule has 2 amide bonds. The first-order valence-electron chi connectivity index (χ1n) is 10.4. The second kappa shape index (κ2) is 11.6. The van der Waals surface area contributed by atoms with Gasteiger partial charge in [0.1, 0.15) is 0 Å². The second-order valence-electron chi connectivity index (χ2n) is 7.99. The number of nitrogens with two attached hydrogens (primary N) is 1. The summed E-state index contributed by atoms with van der Waals surface area (Å²) in [6.07, 6.45) is 2.12. The molecule has 0 saturated heterocycles. The summed E-state index contributed by atoms with van der Waals surface area (Å²) in [5.41, 5.74) is 6.51. The highest BCUT2D eigenvalue weighted by Crippen LogP contribution is 2.21. The van der Waals surface area contributed by atoms with Crippen LogP contribution >= 0.6 is 0 Å². The normalized spacial score (nSPS) is 16.5. The molecule has 0 saturated carbocycles. The summed E-state index contributed by atoms with van der Waals surface area (Å²) >= 11 is 0. The highest BCUT2D eigenvalue weighted by molar-refractivity contribution is 5.92. The average molecular weight is 389 g/mol. The van der Waals surface area contributed by atoms with E-state index in [1.165, 1.54) is 0 Å². The zero-order chi connectivity index (χ0) is 21.3. The van der Waals surface area contributed by atoms with E-state index in [0.717, 1.165) is 18.4 Å². The van der Waals surface area contributed by atoms with Crippen molar-refractivity contribution in [2.75, 3.05) is 0 Å². The van der Waals surface area contributed by atoms with E-state index in [2.05, 4.69) is 5.32 Å². The van der Waals surface area contributed by atoms with Crippen molar-refractivity contribution >= 4 is 17.6 Å². The molecule has 28 heavy (non-hydrogen) atoms. The molecule has 0 bridgehead atoms. The summed E-state index contributed by atoms with van der Waals surface area (Å²) in [6.45, 7) is 9.87. The zero-order valence-corrected chi connectivity index (χ0v) is 17.9. The summed E-state index contributed by atoms with van der Waals surface area (Å²) in [5, 5.41) is 2.94. The van der Waals surface area contributed by atoms with Crippen molar-refractivity contribution in [3.05, 3.63) is 35.9 Å². The first-order valence-corrected chi connectivity index (χ1v) is 10.4. The van der Waals surface area contributed by atoms with Crippen LogP contribution in [-0.4, -0.2) is 23.6 Å². The third kappa shape index (κ3) is 7.10. The maximum absolute atomic E-state index is 13.1. The van der Waals surface area contributed by atoms with Crippen LogP contribution in [0.2, 0.25) is 0 Å². The predicted octanol–water partition coefficient (Wildman–Crippen LogP) is 3.50. The van der Waals surface area contributed by atoms with Gasteiger partial charge in [-0.25, -0.2) is 0 Å². The van der Waals surface area contributed by atoms with Gasteiger partial charge in [0.25, 0.3) is 0 Å². The van der Waals surface area contributed by atoms with E-state index in [1.54, 1.807) is 0 Å². The van der Waals surface area contributed by atoms with Crippen LogP contribution in [0.4, 0.5) is 0 Å². The monoisotopic (exact) mass is 388 g/mol. The first kappa shape index (κ1) is 23.9. The molecule has 1 rings (SSSR count). The van der Waals surface area contributed by atoms with Crippen molar-refractivity contribution in [1.29, 1.82) is 0 Å². The number of Topliss-reactive ketones (excluding diaryl/α,β-unsaturated/α-hetero) is 1. The predicted molar refractivity (Wildman–Crippen MR) is 112 cm³/mol. The maximum atomic E-state index is 13.1. The molecule has 0 unspecified atom stereocenters. The lowest BCUT2D eigenvalue weighted by Crippen LogP contribution is -2.47. The third-order valence-corrected chi connectivity index (χ3v) is 6.02. The van der Waals surface area contributed by atoms with Gasteiger partial charge < -0.3 is 11.1 Å². The molecule has 0 aromatic heterocycles. The number of primary amides is 1. The Balaban J connectivity index is 3.00. The summed E-state index contributed by atoms with van der Waals surface area (Å²) in [5.74, 6) is -1.17. The molecule has 0 aliphatic carbocycles. The van der Waals surface area contributed by atoms with E-state index in [4.69, 9.17) is 5.73 Å². The molecule has 0 spiro atoms. The van der Waals surface area contributed by atoms with Crippen molar-refractivity contribution in [3.8, 4) is 0 Å². The Morgan fingerprint density at radius 3 is 2.04 bits per heavy atom.